The van der Waals surface area contributed by atoms with Crippen molar-refractivity contribution in [1.29, 1.82) is 0 Å². The van der Waals surface area contributed by atoms with E-state index in [1.807, 2.05) is 42.5 Å². The van der Waals surface area contributed by atoms with Gasteiger partial charge in [0, 0.05) is 18.3 Å². The SMILES string of the molecule is O=C(O)Oc1ccc2c(c1)NC(=O)C2C(=Nc1ccc(CN2CCCCC2)cc1)c1ccccc1. The van der Waals surface area contributed by atoms with E-state index in [0.29, 0.717) is 11.4 Å². The van der Waals surface area contributed by atoms with Gasteiger partial charge in [0.15, 0.2) is 0 Å². The molecule has 178 valence electrons. The fourth-order valence-electron chi connectivity index (χ4n) is 4.77. The van der Waals surface area contributed by atoms with Gasteiger partial charge >= 0.3 is 6.16 Å². The molecule has 7 nitrogen and oxygen atoms in total. The van der Waals surface area contributed by atoms with Gasteiger partial charge in [-0.15, -0.1) is 0 Å². The highest BCUT2D eigenvalue weighted by molar-refractivity contribution is 6.24. The number of hydrogen-bond donors (Lipinski definition) is 2. The van der Waals surface area contributed by atoms with E-state index in [0.717, 1.165) is 36.4 Å². The van der Waals surface area contributed by atoms with Crippen LogP contribution >= 0.6 is 0 Å². The van der Waals surface area contributed by atoms with Crippen molar-refractivity contribution in [2.45, 2.75) is 31.7 Å². The van der Waals surface area contributed by atoms with Crippen LogP contribution in [-0.4, -0.2) is 40.9 Å². The maximum absolute atomic E-state index is 13.1. The van der Waals surface area contributed by atoms with Crippen molar-refractivity contribution in [3.63, 3.8) is 0 Å². The summed E-state index contributed by atoms with van der Waals surface area (Å²) in [6, 6.07) is 22.7. The van der Waals surface area contributed by atoms with Crippen molar-refractivity contribution in [2.75, 3.05) is 18.4 Å². The molecule has 0 saturated carbocycles. The van der Waals surface area contributed by atoms with Crippen molar-refractivity contribution in [3.05, 3.63) is 89.5 Å². The molecule has 0 aliphatic carbocycles. The monoisotopic (exact) mass is 469 g/mol. The number of likely N-dealkylation sites (tertiary alicyclic amines) is 1. The third kappa shape index (κ3) is 5.25. The molecule has 1 amide bonds. The molecule has 2 aliphatic heterocycles. The smallest absolute Gasteiger partial charge is 0.449 e. The van der Waals surface area contributed by atoms with Crippen LogP contribution < -0.4 is 10.1 Å². The Labute approximate surface area is 204 Å². The normalized spacial score (nSPS) is 18.1. The van der Waals surface area contributed by atoms with E-state index < -0.39 is 12.1 Å². The zero-order valence-corrected chi connectivity index (χ0v) is 19.3. The van der Waals surface area contributed by atoms with Crippen molar-refractivity contribution >= 4 is 29.1 Å². The van der Waals surface area contributed by atoms with Gasteiger partial charge in [-0.1, -0.05) is 55.0 Å². The van der Waals surface area contributed by atoms with Crippen LogP contribution in [0.2, 0.25) is 0 Å². The van der Waals surface area contributed by atoms with Crippen LogP contribution in [0.5, 0.6) is 5.75 Å². The van der Waals surface area contributed by atoms with Gasteiger partial charge in [0.25, 0.3) is 0 Å². The minimum absolute atomic E-state index is 0.152. The molecule has 0 bridgehead atoms. The van der Waals surface area contributed by atoms with Crippen LogP contribution in [0, 0.1) is 0 Å². The molecule has 1 unspecified atom stereocenters. The second-order valence-electron chi connectivity index (χ2n) is 8.91. The molecule has 1 saturated heterocycles. The van der Waals surface area contributed by atoms with Crippen molar-refractivity contribution in [3.8, 4) is 5.75 Å². The second kappa shape index (κ2) is 10.1. The summed E-state index contributed by atoms with van der Waals surface area (Å²) in [5, 5.41) is 11.8. The fourth-order valence-corrected chi connectivity index (χ4v) is 4.77. The zero-order chi connectivity index (χ0) is 24.2. The van der Waals surface area contributed by atoms with Gasteiger partial charge in [-0.2, -0.15) is 0 Å². The number of carbonyl (C=O) groups is 2. The summed E-state index contributed by atoms with van der Waals surface area (Å²) in [5.41, 5.74) is 4.78. The third-order valence-electron chi connectivity index (χ3n) is 6.44. The van der Waals surface area contributed by atoms with Crippen LogP contribution in [0.1, 0.15) is 41.9 Å². The van der Waals surface area contributed by atoms with Crippen LogP contribution in [0.25, 0.3) is 0 Å². The van der Waals surface area contributed by atoms with E-state index in [1.165, 1.54) is 30.9 Å². The van der Waals surface area contributed by atoms with Crippen LogP contribution in [0.15, 0.2) is 77.8 Å². The van der Waals surface area contributed by atoms with Crippen LogP contribution in [-0.2, 0) is 11.3 Å². The lowest BCUT2D eigenvalue weighted by Gasteiger charge is -2.26. The number of anilines is 1. The first kappa shape index (κ1) is 22.8. The van der Waals surface area contributed by atoms with Gasteiger partial charge < -0.3 is 15.2 Å². The van der Waals surface area contributed by atoms with E-state index >= 15 is 0 Å². The number of nitrogens with one attached hydrogen (secondary N) is 1. The first-order valence-corrected chi connectivity index (χ1v) is 11.9. The number of ether oxygens (including phenoxy) is 1. The molecule has 1 fully saturated rings. The molecule has 2 N–H and O–H groups in total. The zero-order valence-electron chi connectivity index (χ0n) is 19.3. The first-order valence-electron chi connectivity index (χ1n) is 11.9. The topological polar surface area (TPSA) is 91.2 Å². The van der Waals surface area contributed by atoms with Crippen LogP contribution in [0.3, 0.4) is 0 Å². The molecule has 7 heteroatoms. The number of aliphatic imine (C=N–C) groups is 1. The number of carboxylic acid groups (broad SMARTS) is 1. The average molecular weight is 470 g/mol. The molecule has 0 radical (unpaired) electrons. The van der Waals surface area contributed by atoms with E-state index in [-0.39, 0.29) is 11.7 Å². The summed E-state index contributed by atoms with van der Waals surface area (Å²) in [6.45, 7) is 3.23. The van der Waals surface area contributed by atoms with Gasteiger partial charge in [-0.25, -0.2) is 4.79 Å². The Bertz CT molecular complexity index is 1250. The minimum atomic E-state index is -1.40. The molecule has 35 heavy (non-hydrogen) atoms. The molecule has 3 aromatic rings. The Kier molecular flexibility index (Phi) is 6.59. The standard InChI is InChI=1S/C28H27N3O4/c32-27-25(23-14-13-22(35-28(33)34)17-24(23)30-27)26(20-7-3-1-4-8-20)29-21-11-9-19(10-12-21)18-31-15-5-2-6-16-31/h1,3-4,7-14,17,25H,2,5-6,15-16,18H2,(H,30,32)(H,33,34). The Hall–Kier alpha value is -3.97. The molecule has 2 aliphatic rings. The lowest BCUT2D eigenvalue weighted by molar-refractivity contribution is -0.115. The molecule has 0 aromatic heterocycles. The van der Waals surface area contributed by atoms with Gasteiger partial charge in [-0.05, 0) is 60.8 Å². The van der Waals surface area contributed by atoms with Gasteiger partial charge in [-0.3, -0.25) is 14.7 Å². The summed E-state index contributed by atoms with van der Waals surface area (Å²) in [6.07, 6.45) is 2.44. The number of piperidine rings is 1. The summed E-state index contributed by atoms with van der Waals surface area (Å²) in [4.78, 5) is 31.4. The molecule has 2 heterocycles. The highest BCUT2D eigenvalue weighted by atomic mass is 16.7. The predicted molar refractivity (Wildman–Crippen MR) is 135 cm³/mol. The number of rotatable bonds is 6. The Balaban J connectivity index is 1.46. The van der Waals surface area contributed by atoms with Gasteiger partial charge in [0.2, 0.25) is 5.91 Å². The second-order valence-corrected chi connectivity index (χ2v) is 8.91. The molecular formula is C28H27N3O4. The lowest BCUT2D eigenvalue weighted by Crippen LogP contribution is -2.28. The fraction of sp³-hybridized carbons (Fsp3) is 0.250. The van der Waals surface area contributed by atoms with Crippen LogP contribution in [0.4, 0.5) is 16.2 Å². The molecular weight excluding hydrogens is 442 g/mol. The highest BCUT2D eigenvalue weighted by Gasteiger charge is 2.35. The van der Waals surface area contributed by atoms with Gasteiger partial charge in [0.1, 0.15) is 11.7 Å². The number of fused-ring (bicyclic) bond motifs is 1. The van der Waals surface area contributed by atoms with Crippen molar-refractivity contribution in [2.24, 2.45) is 4.99 Å². The molecule has 5 rings (SSSR count). The van der Waals surface area contributed by atoms with E-state index in [1.54, 1.807) is 12.1 Å². The summed E-state index contributed by atoms with van der Waals surface area (Å²) >= 11 is 0. The minimum Gasteiger partial charge on any atom is -0.449 e. The summed E-state index contributed by atoms with van der Waals surface area (Å²) in [5.74, 6) is -0.684. The number of amides is 1. The van der Waals surface area contributed by atoms with E-state index in [2.05, 4.69) is 22.3 Å². The van der Waals surface area contributed by atoms with Crippen molar-refractivity contribution in [1.82, 2.24) is 4.90 Å². The summed E-state index contributed by atoms with van der Waals surface area (Å²) < 4.78 is 4.75. The quantitative estimate of drug-likeness (QED) is 0.279. The molecule has 1 atom stereocenters. The Morgan fingerprint density at radius 2 is 1.74 bits per heavy atom. The Morgan fingerprint density at radius 3 is 2.46 bits per heavy atom. The number of benzene rings is 3. The molecule has 0 spiro atoms. The lowest BCUT2D eigenvalue weighted by atomic mass is 9.90. The predicted octanol–water partition coefficient (Wildman–Crippen LogP) is 5.59. The third-order valence-corrected chi connectivity index (χ3v) is 6.44. The Morgan fingerprint density at radius 1 is 1.00 bits per heavy atom. The number of carbonyl (C=O) groups excluding carboxylic acids is 1. The molecule has 3 aromatic carbocycles. The highest BCUT2D eigenvalue weighted by Crippen LogP contribution is 2.38. The largest absolute Gasteiger partial charge is 0.511 e. The summed E-state index contributed by atoms with van der Waals surface area (Å²) in [7, 11) is 0. The van der Waals surface area contributed by atoms with Gasteiger partial charge in [0.05, 0.1) is 11.4 Å². The maximum atomic E-state index is 13.1. The maximum Gasteiger partial charge on any atom is 0.511 e. The average Bonchev–Trinajstić information content (AvgIpc) is 3.19. The van der Waals surface area contributed by atoms with E-state index in [9.17, 15) is 9.59 Å². The number of nitrogens with zero attached hydrogens (tertiary/aromatic N) is 2. The van der Waals surface area contributed by atoms with E-state index in [4.69, 9.17) is 14.8 Å². The number of hydrogen-bond acceptors (Lipinski definition) is 5. The van der Waals surface area contributed by atoms with Crippen molar-refractivity contribution < 1.29 is 19.4 Å². The first-order chi connectivity index (χ1) is 17.1.